The van der Waals surface area contributed by atoms with E-state index in [9.17, 15) is 0 Å². The molecule has 1 N–H and O–H groups in total. The molecule has 18 heavy (non-hydrogen) atoms. The van der Waals surface area contributed by atoms with E-state index in [2.05, 4.69) is 22.2 Å². The van der Waals surface area contributed by atoms with Gasteiger partial charge in [-0.25, -0.2) is 9.97 Å². The molecule has 0 bridgehead atoms. The molecule has 2 aromatic rings. The highest BCUT2D eigenvalue weighted by molar-refractivity contribution is 5.51. The molecule has 0 saturated carbocycles. The standard InChI is InChI=1S/C14H17N3O/c1-2-3-10-18-12-7-8-14(16-11-12)17-13-6-4-5-9-15-13/h4-9,11H,2-3,10H2,1H3,(H,15,16,17). The minimum Gasteiger partial charge on any atom is -0.492 e. The van der Waals surface area contributed by atoms with Gasteiger partial charge in [0.05, 0.1) is 12.8 Å². The summed E-state index contributed by atoms with van der Waals surface area (Å²) in [5.74, 6) is 2.34. The number of ether oxygens (including phenoxy) is 1. The summed E-state index contributed by atoms with van der Waals surface area (Å²) in [6.45, 7) is 2.88. The van der Waals surface area contributed by atoms with Crippen LogP contribution in [-0.2, 0) is 0 Å². The van der Waals surface area contributed by atoms with Crippen molar-refractivity contribution in [3.05, 3.63) is 42.7 Å². The van der Waals surface area contributed by atoms with E-state index < -0.39 is 0 Å². The summed E-state index contributed by atoms with van der Waals surface area (Å²) in [5.41, 5.74) is 0. The van der Waals surface area contributed by atoms with Gasteiger partial charge in [-0.3, -0.25) is 0 Å². The summed E-state index contributed by atoms with van der Waals surface area (Å²) in [4.78, 5) is 8.45. The van der Waals surface area contributed by atoms with E-state index in [0.717, 1.165) is 36.8 Å². The van der Waals surface area contributed by atoms with Crippen molar-refractivity contribution in [2.45, 2.75) is 19.8 Å². The Morgan fingerprint density at radius 1 is 1.11 bits per heavy atom. The third-order valence-electron chi connectivity index (χ3n) is 2.42. The highest BCUT2D eigenvalue weighted by atomic mass is 16.5. The van der Waals surface area contributed by atoms with Crippen LogP contribution in [0.5, 0.6) is 5.75 Å². The molecule has 94 valence electrons. The van der Waals surface area contributed by atoms with Crippen molar-refractivity contribution in [3.63, 3.8) is 0 Å². The number of aromatic nitrogens is 2. The molecule has 0 aliphatic rings. The Balaban J connectivity index is 1.91. The maximum absolute atomic E-state index is 5.55. The van der Waals surface area contributed by atoms with E-state index in [-0.39, 0.29) is 0 Å². The Kier molecular flexibility index (Phi) is 4.53. The van der Waals surface area contributed by atoms with Crippen molar-refractivity contribution in [2.75, 3.05) is 11.9 Å². The summed E-state index contributed by atoms with van der Waals surface area (Å²) in [6, 6.07) is 9.50. The average Bonchev–Trinajstić information content (AvgIpc) is 2.42. The van der Waals surface area contributed by atoms with E-state index in [4.69, 9.17) is 4.74 Å². The van der Waals surface area contributed by atoms with E-state index in [1.165, 1.54) is 0 Å². The molecular weight excluding hydrogens is 226 g/mol. The molecule has 2 aromatic heterocycles. The first-order chi connectivity index (χ1) is 8.88. The monoisotopic (exact) mass is 243 g/mol. The van der Waals surface area contributed by atoms with Gasteiger partial charge >= 0.3 is 0 Å². The first-order valence-electron chi connectivity index (χ1n) is 6.15. The van der Waals surface area contributed by atoms with Gasteiger partial charge in [0, 0.05) is 6.20 Å². The minimum atomic E-state index is 0.741. The first kappa shape index (κ1) is 12.4. The smallest absolute Gasteiger partial charge is 0.137 e. The largest absolute Gasteiger partial charge is 0.492 e. The molecule has 0 radical (unpaired) electrons. The van der Waals surface area contributed by atoms with Crippen LogP contribution in [0, 0.1) is 0 Å². The Bertz CT molecular complexity index is 456. The lowest BCUT2D eigenvalue weighted by atomic mass is 10.3. The average molecular weight is 243 g/mol. The molecule has 0 aliphatic heterocycles. The third-order valence-corrected chi connectivity index (χ3v) is 2.42. The lowest BCUT2D eigenvalue weighted by Crippen LogP contribution is -1.98. The van der Waals surface area contributed by atoms with Crippen LogP contribution in [0.2, 0.25) is 0 Å². The van der Waals surface area contributed by atoms with Crippen LogP contribution < -0.4 is 10.1 Å². The van der Waals surface area contributed by atoms with Gasteiger partial charge in [-0.1, -0.05) is 19.4 Å². The molecule has 4 nitrogen and oxygen atoms in total. The fourth-order valence-corrected chi connectivity index (χ4v) is 1.44. The SMILES string of the molecule is CCCCOc1ccc(Nc2ccccn2)nc1. The summed E-state index contributed by atoms with van der Waals surface area (Å²) < 4.78 is 5.55. The topological polar surface area (TPSA) is 47.0 Å². The lowest BCUT2D eigenvalue weighted by Gasteiger charge is -2.07. The normalized spacial score (nSPS) is 10.1. The Hall–Kier alpha value is -2.10. The molecule has 0 aromatic carbocycles. The van der Waals surface area contributed by atoms with Crippen LogP contribution in [-0.4, -0.2) is 16.6 Å². The number of nitrogens with one attached hydrogen (secondary N) is 1. The maximum Gasteiger partial charge on any atom is 0.137 e. The first-order valence-corrected chi connectivity index (χ1v) is 6.15. The van der Waals surface area contributed by atoms with Gasteiger partial charge in [0.15, 0.2) is 0 Å². The van der Waals surface area contributed by atoms with E-state index in [1.807, 2.05) is 30.3 Å². The second kappa shape index (κ2) is 6.59. The van der Waals surface area contributed by atoms with Crippen molar-refractivity contribution in [1.82, 2.24) is 9.97 Å². The zero-order chi connectivity index (χ0) is 12.6. The number of rotatable bonds is 6. The zero-order valence-corrected chi connectivity index (χ0v) is 10.5. The summed E-state index contributed by atoms with van der Waals surface area (Å²) in [7, 11) is 0. The third kappa shape index (κ3) is 3.73. The second-order valence-corrected chi connectivity index (χ2v) is 3.92. The van der Waals surface area contributed by atoms with Crippen LogP contribution >= 0.6 is 0 Å². The van der Waals surface area contributed by atoms with Gasteiger partial charge in [-0.15, -0.1) is 0 Å². The predicted molar refractivity (Wildman–Crippen MR) is 72.2 cm³/mol. The number of unbranched alkanes of at least 4 members (excludes halogenated alkanes) is 1. The Morgan fingerprint density at radius 2 is 2.00 bits per heavy atom. The highest BCUT2D eigenvalue weighted by Crippen LogP contribution is 2.15. The van der Waals surface area contributed by atoms with Crippen LogP contribution in [0.1, 0.15) is 19.8 Å². The predicted octanol–water partition coefficient (Wildman–Crippen LogP) is 3.40. The molecule has 0 aliphatic carbocycles. The second-order valence-electron chi connectivity index (χ2n) is 3.92. The van der Waals surface area contributed by atoms with Crippen LogP contribution in [0.4, 0.5) is 11.6 Å². The van der Waals surface area contributed by atoms with Crippen molar-refractivity contribution >= 4 is 11.6 Å². The minimum absolute atomic E-state index is 0.741. The zero-order valence-electron chi connectivity index (χ0n) is 10.5. The lowest BCUT2D eigenvalue weighted by molar-refractivity contribution is 0.308. The van der Waals surface area contributed by atoms with E-state index in [0.29, 0.717) is 0 Å². The van der Waals surface area contributed by atoms with Crippen LogP contribution in [0.25, 0.3) is 0 Å². The molecular formula is C14H17N3O. The summed E-state index contributed by atoms with van der Waals surface area (Å²) >= 11 is 0. The van der Waals surface area contributed by atoms with Gasteiger partial charge in [0.1, 0.15) is 17.4 Å². The van der Waals surface area contributed by atoms with Gasteiger partial charge in [0.2, 0.25) is 0 Å². The van der Waals surface area contributed by atoms with Gasteiger partial charge in [-0.2, -0.15) is 0 Å². The Morgan fingerprint density at radius 3 is 2.67 bits per heavy atom. The molecule has 0 spiro atoms. The number of hydrogen-bond acceptors (Lipinski definition) is 4. The number of hydrogen-bond donors (Lipinski definition) is 1. The highest BCUT2D eigenvalue weighted by Gasteiger charge is 1.98. The number of anilines is 2. The van der Waals surface area contributed by atoms with Crippen LogP contribution in [0.15, 0.2) is 42.7 Å². The van der Waals surface area contributed by atoms with Crippen LogP contribution in [0.3, 0.4) is 0 Å². The van der Waals surface area contributed by atoms with Crippen molar-refractivity contribution in [1.29, 1.82) is 0 Å². The van der Waals surface area contributed by atoms with Crippen molar-refractivity contribution < 1.29 is 4.74 Å². The summed E-state index contributed by atoms with van der Waals surface area (Å²) in [6.07, 6.45) is 5.66. The van der Waals surface area contributed by atoms with E-state index in [1.54, 1.807) is 12.4 Å². The summed E-state index contributed by atoms with van der Waals surface area (Å²) in [5, 5.41) is 3.12. The van der Waals surface area contributed by atoms with Gasteiger partial charge in [0.25, 0.3) is 0 Å². The molecule has 0 amide bonds. The fraction of sp³-hybridized carbons (Fsp3) is 0.286. The fourth-order valence-electron chi connectivity index (χ4n) is 1.44. The Labute approximate surface area is 107 Å². The molecule has 0 unspecified atom stereocenters. The van der Waals surface area contributed by atoms with Gasteiger partial charge < -0.3 is 10.1 Å². The molecule has 2 rings (SSSR count). The van der Waals surface area contributed by atoms with Gasteiger partial charge in [-0.05, 0) is 30.7 Å². The molecule has 0 saturated heterocycles. The molecule has 0 atom stereocenters. The number of pyridine rings is 2. The molecule has 4 heteroatoms. The molecule has 2 heterocycles. The molecule has 0 fully saturated rings. The quantitative estimate of drug-likeness (QED) is 0.790. The van der Waals surface area contributed by atoms with Crippen molar-refractivity contribution in [3.8, 4) is 5.75 Å². The van der Waals surface area contributed by atoms with E-state index >= 15 is 0 Å². The maximum atomic E-state index is 5.55. The number of nitrogens with zero attached hydrogens (tertiary/aromatic N) is 2. The van der Waals surface area contributed by atoms with Crippen molar-refractivity contribution in [2.24, 2.45) is 0 Å².